The first-order chi connectivity index (χ1) is 13.4. The molecule has 0 aliphatic heterocycles. The molecule has 3 rings (SSSR count). The van der Waals surface area contributed by atoms with Crippen LogP contribution in [0, 0.1) is 6.92 Å². The largest absolute Gasteiger partial charge is 0.416 e. The Bertz CT molecular complexity index is 948. The summed E-state index contributed by atoms with van der Waals surface area (Å²) < 4.78 is 39.1. The standard InChI is InChI=1S/C19H18F3N5O/c1-12-5-6-13(19(20,21)22)10-15(12)25-17-11-16(14-4-2-3-7-23-14)26-18(27-17)24-8-9-28/h2-7,10-11,28H,8-9H2,1H3,(H2,24,25,26,27). The highest BCUT2D eigenvalue weighted by Crippen LogP contribution is 2.33. The third-order valence-corrected chi connectivity index (χ3v) is 3.88. The van der Waals surface area contributed by atoms with Gasteiger partial charge in [0.25, 0.3) is 0 Å². The molecule has 0 aliphatic carbocycles. The fourth-order valence-electron chi connectivity index (χ4n) is 2.47. The number of hydrogen-bond donors (Lipinski definition) is 3. The van der Waals surface area contributed by atoms with Gasteiger partial charge in [-0.15, -0.1) is 0 Å². The van der Waals surface area contributed by atoms with Crippen LogP contribution in [-0.4, -0.2) is 33.2 Å². The second-order valence-corrected chi connectivity index (χ2v) is 5.98. The maximum absolute atomic E-state index is 13.0. The minimum atomic E-state index is -4.44. The number of aromatic nitrogens is 3. The number of halogens is 3. The van der Waals surface area contributed by atoms with E-state index in [1.807, 2.05) is 0 Å². The summed E-state index contributed by atoms with van der Waals surface area (Å²) in [6.07, 6.45) is -2.83. The Morgan fingerprint density at radius 3 is 2.54 bits per heavy atom. The Hall–Kier alpha value is -3.20. The van der Waals surface area contributed by atoms with Crippen LogP contribution >= 0.6 is 0 Å². The SMILES string of the molecule is Cc1ccc(C(F)(F)F)cc1Nc1cc(-c2ccccn2)nc(NCCO)n1. The number of anilines is 3. The Morgan fingerprint density at radius 1 is 1.04 bits per heavy atom. The van der Waals surface area contributed by atoms with Crippen molar-refractivity contribution in [2.45, 2.75) is 13.1 Å². The van der Waals surface area contributed by atoms with E-state index in [-0.39, 0.29) is 24.8 Å². The van der Waals surface area contributed by atoms with Gasteiger partial charge in [-0.1, -0.05) is 12.1 Å². The van der Waals surface area contributed by atoms with Crippen molar-refractivity contribution in [3.8, 4) is 11.4 Å². The second-order valence-electron chi connectivity index (χ2n) is 5.98. The predicted octanol–water partition coefficient (Wildman–Crippen LogP) is 4.01. The van der Waals surface area contributed by atoms with E-state index >= 15 is 0 Å². The quantitative estimate of drug-likeness (QED) is 0.591. The van der Waals surface area contributed by atoms with Crippen molar-refractivity contribution >= 4 is 17.5 Å². The maximum Gasteiger partial charge on any atom is 0.416 e. The number of alkyl halides is 3. The third-order valence-electron chi connectivity index (χ3n) is 3.88. The second kappa shape index (κ2) is 8.22. The zero-order valence-corrected chi connectivity index (χ0v) is 15.0. The molecule has 146 valence electrons. The van der Waals surface area contributed by atoms with Gasteiger partial charge in [0.05, 0.1) is 23.6 Å². The number of pyridine rings is 1. The molecule has 0 bridgehead atoms. The molecule has 0 unspecified atom stereocenters. The molecule has 6 nitrogen and oxygen atoms in total. The molecule has 3 N–H and O–H groups in total. The smallest absolute Gasteiger partial charge is 0.395 e. The van der Waals surface area contributed by atoms with Crippen molar-refractivity contribution in [2.24, 2.45) is 0 Å². The van der Waals surface area contributed by atoms with E-state index in [9.17, 15) is 13.2 Å². The molecule has 2 heterocycles. The van der Waals surface area contributed by atoms with Crippen LogP contribution in [0.4, 0.5) is 30.6 Å². The minimum Gasteiger partial charge on any atom is -0.395 e. The van der Waals surface area contributed by atoms with Crippen LogP contribution in [0.5, 0.6) is 0 Å². The van der Waals surface area contributed by atoms with E-state index in [4.69, 9.17) is 5.11 Å². The van der Waals surface area contributed by atoms with E-state index in [0.29, 0.717) is 22.8 Å². The number of rotatable bonds is 6. The molecule has 0 radical (unpaired) electrons. The van der Waals surface area contributed by atoms with E-state index in [1.165, 1.54) is 6.07 Å². The van der Waals surface area contributed by atoms with E-state index in [1.54, 1.807) is 37.4 Å². The van der Waals surface area contributed by atoms with Crippen LogP contribution in [0.15, 0.2) is 48.7 Å². The van der Waals surface area contributed by atoms with Gasteiger partial charge in [0, 0.05) is 24.5 Å². The number of benzene rings is 1. The lowest BCUT2D eigenvalue weighted by molar-refractivity contribution is -0.137. The number of hydrogen-bond acceptors (Lipinski definition) is 6. The van der Waals surface area contributed by atoms with Crippen LogP contribution in [-0.2, 0) is 6.18 Å². The number of nitrogens with zero attached hydrogens (tertiary/aromatic N) is 3. The van der Waals surface area contributed by atoms with Crippen molar-refractivity contribution in [3.63, 3.8) is 0 Å². The molecule has 0 aliphatic rings. The lowest BCUT2D eigenvalue weighted by atomic mass is 10.1. The van der Waals surface area contributed by atoms with Gasteiger partial charge < -0.3 is 15.7 Å². The zero-order chi connectivity index (χ0) is 20.1. The highest BCUT2D eigenvalue weighted by atomic mass is 19.4. The molecule has 9 heteroatoms. The highest BCUT2D eigenvalue weighted by molar-refractivity contribution is 5.67. The topological polar surface area (TPSA) is 83.0 Å². The average molecular weight is 389 g/mol. The molecular weight excluding hydrogens is 371 g/mol. The molecule has 0 spiro atoms. The van der Waals surface area contributed by atoms with Crippen molar-refractivity contribution in [2.75, 3.05) is 23.8 Å². The molecule has 0 saturated carbocycles. The van der Waals surface area contributed by atoms with Crippen molar-refractivity contribution in [1.82, 2.24) is 15.0 Å². The van der Waals surface area contributed by atoms with Crippen LogP contribution in [0.2, 0.25) is 0 Å². The molecule has 3 aromatic rings. The van der Waals surface area contributed by atoms with Gasteiger partial charge in [-0.2, -0.15) is 18.2 Å². The predicted molar refractivity (Wildman–Crippen MR) is 100 cm³/mol. The normalized spacial score (nSPS) is 11.3. The first kappa shape index (κ1) is 19.6. The number of nitrogens with one attached hydrogen (secondary N) is 2. The van der Waals surface area contributed by atoms with Gasteiger partial charge in [-0.3, -0.25) is 4.98 Å². The summed E-state index contributed by atoms with van der Waals surface area (Å²) in [6.45, 7) is 1.81. The fraction of sp³-hybridized carbons (Fsp3) is 0.211. The molecule has 0 atom stereocenters. The Kier molecular flexibility index (Phi) is 5.74. The summed E-state index contributed by atoms with van der Waals surface area (Å²) in [6, 6.07) is 10.4. The van der Waals surface area contributed by atoms with E-state index in [2.05, 4.69) is 25.6 Å². The van der Waals surface area contributed by atoms with Crippen molar-refractivity contribution < 1.29 is 18.3 Å². The molecule has 1 aromatic carbocycles. The van der Waals surface area contributed by atoms with Crippen molar-refractivity contribution in [3.05, 3.63) is 59.8 Å². The first-order valence-corrected chi connectivity index (χ1v) is 8.47. The van der Waals surface area contributed by atoms with Gasteiger partial charge in [0.1, 0.15) is 5.82 Å². The Labute approximate surface area is 159 Å². The summed E-state index contributed by atoms with van der Waals surface area (Å²) in [7, 11) is 0. The van der Waals surface area contributed by atoms with Gasteiger partial charge in [-0.25, -0.2) is 4.98 Å². The highest BCUT2D eigenvalue weighted by Gasteiger charge is 2.30. The summed E-state index contributed by atoms with van der Waals surface area (Å²) in [5.74, 6) is 0.530. The molecule has 0 saturated heterocycles. The molecule has 0 fully saturated rings. The van der Waals surface area contributed by atoms with Crippen LogP contribution in [0.25, 0.3) is 11.4 Å². The number of aryl methyl sites for hydroxylation is 1. The lowest BCUT2D eigenvalue weighted by Gasteiger charge is -2.14. The summed E-state index contributed by atoms with van der Waals surface area (Å²) >= 11 is 0. The van der Waals surface area contributed by atoms with E-state index < -0.39 is 11.7 Å². The molecule has 2 aromatic heterocycles. The van der Waals surface area contributed by atoms with Crippen LogP contribution < -0.4 is 10.6 Å². The average Bonchev–Trinajstić information content (AvgIpc) is 2.68. The van der Waals surface area contributed by atoms with Gasteiger partial charge in [0.15, 0.2) is 0 Å². The Balaban J connectivity index is 1.99. The minimum absolute atomic E-state index is 0.118. The van der Waals surface area contributed by atoms with Gasteiger partial charge in [0.2, 0.25) is 5.95 Å². The summed E-state index contributed by atoms with van der Waals surface area (Å²) in [5, 5.41) is 14.8. The maximum atomic E-state index is 13.0. The van der Waals surface area contributed by atoms with E-state index in [0.717, 1.165) is 12.1 Å². The van der Waals surface area contributed by atoms with Crippen LogP contribution in [0.3, 0.4) is 0 Å². The summed E-state index contributed by atoms with van der Waals surface area (Å²) in [4.78, 5) is 12.9. The molecule has 28 heavy (non-hydrogen) atoms. The third kappa shape index (κ3) is 4.74. The number of aliphatic hydroxyl groups is 1. The summed E-state index contributed by atoms with van der Waals surface area (Å²) in [5.41, 5.74) is 1.24. The molecular formula is C19H18F3N5O. The van der Waals surface area contributed by atoms with Gasteiger partial charge >= 0.3 is 6.18 Å². The van der Waals surface area contributed by atoms with Crippen molar-refractivity contribution in [1.29, 1.82) is 0 Å². The lowest BCUT2D eigenvalue weighted by Crippen LogP contribution is -2.11. The monoisotopic (exact) mass is 389 g/mol. The Morgan fingerprint density at radius 2 is 1.86 bits per heavy atom. The molecule has 0 amide bonds. The first-order valence-electron chi connectivity index (χ1n) is 8.47. The zero-order valence-electron chi connectivity index (χ0n) is 15.0. The number of aliphatic hydroxyl groups excluding tert-OH is 1. The van der Waals surface area contributed by atoms with Gasteiger partial charge in [-0.05, 0) is 36.8 Å². The van der Waals surface area contributed by atoms with Crippen LogP contribution in [0.1, 0.15) is 11.1 Å². The fourth-order valence-corrected chi connectivity index (χ4v) is 2.47.